The minimum absolute atomic E-state index is 0.0680. The van der Waals surface area contributed by atoms with Crippen LogP contribution in [0.15, 0.2) is 42.5 Å². The number of piperidine rings is 2. The van der Waals surface area contributed by atoms with Crippen LogP contribution in [0.25, 0.3) is 0 Å². The second kappa shape index (κ2) is 12.6. The van der Waals surface area contributed by atoms with Gasteiger partial charge in [0.2, 0.25) is 17.7 Å². The fourth-order valence-electron chi connectivity index (χ4n) is 5.63. The highest BCUT2D eigenvalue weighted by molar-refractivity contribution is 6.05. The van der Waals surface area contributed by atoms with E-state index in [1.165, 1.54) is 10.5 Å². The van der Waals surface area contributed by atoms with Crippen LogP contribution in [0.2, 0.25) is 0 Å². The lowest BCUT2D eigenvalue weighted by atomic mass is 9.95. The average molecular weight is 549 g/mol. The van der Waals surface area contributed by atoms with Crippen molar-refractivity contribution in [3.05, 3.63) is 64.7 Å². The van der Waals surface area contributed by atoms with Gasteiger partial charge in [0.05, 0.1) is 13.2 Å². The van der Waals surface area contributed by atoms with Crippen LogP contribution in [-0.2, 0) is 38.8 Å². The summed E-state index contributed by atoms with van der Waals surface area (Å²) in [4.78, 5) is 53.1. The molecule has 1 atom stereocenters. The van der Waals surface area contributed by atoms with Crippen LogP contribution in [-0.4, -0.2) is 72.8 Å². The Labute approximate surface area is 234 Å². The van der Waals surface area contributed by atoms with E-state index < -0.39 is 11.9 Å². The number of carbonyl (C=O) groups is 4. The molecule has 2 fully saturated rings. The molecule has 40 heavy (non-hydrogen) atoms. The molecule has 3 heterocycles. The van der Waals surface area contributed by atoms with Gasteiger partial charge in [0, 0.05) is 43.7 Å². The number of amides is 4. The van der Waals surface area contributed by atoms with Gasteiger partial charge in [-0.05, 0) is 55.6 Å². The van der Waals surface area contributed by atoms with Crippen molar-refractivity contribution in [1.82, 2.24) is 20.4 Å². The molecule has 0 unspecified atom stereocenters. The molecular weight excluding hydrogens is 512 g/mol. The normalized spacial score (nSPS) is 19.9. The molecule has 0 aromatic heterocycles. The first kappa shape index (κ1) is 27.8. The highest BCUT2D eigenvalue weighted by Gasteiger charge is 2.40. The fourth-order valence-corrected chi connectivity index (χ4v) is 5.63. The first-order valence-electron chi connectivity index (χ1n) is 13.9. The molecule has 212 valence electrons. The van der Waals surface area contributed by atoms with Gasteiger partial charge in [-0.15, -0.1) is 0 Å². The van der Waals surface area contributed by atoms with Crippen molar-refractivity contribution < 1.29 is 28.7 Å². The maximum absolute atomic E-state index is 13.0. The summed E-state index contributed by atoms with van der Waals surface area (Å²) in [5.74, 6) is -0.123. The zero-order valence-corrected chi connectivity index (χ0v) is 22.8. The first-order valence-corrected chi connectivity index (χ1v) is 13.9. The third-order valence-electron chi connectivity index (χ3n) is 7.93. The second-order valence-electron chi connectivity index (χ2n) is 10.6. The number of likely N-dealkylation sites (tertiary alicyclic amines) is 1. The van der Waals surface area contributed by atoms with E-state index in [1.54, 1.807) is 19.2 Å². The molecule has 10 heteroatoms. The third-order valence-corrected chi connectivity index (χ3v) is 7.93. The molecule has 2 N–H and O–H groups in total. The van der Waals surface area contributed by atoms with Gasteiger partial charge < -0.3 is 19.7 Å². The lowest BCUT2D eigenvalue weighted by Crippen LogP contribution is -2.52. The Morgan fingerprint density at radius 2 is 1.77 bits per heavy atom. The number of nitrogens with one attached hydrogen (secondary N) is 2. The molecule has 3 aliphatic heterocycles. The Balaban J connectivity index is 1.12. The summed E-state index contributed by atoms with van der Waals surface area (Å²) < 4.78 is 11.1. The highest BCUT2D eigenvalue weighted by atomic mass is 16.5. The van der Waals surface area contributed by atoms with Gasteiger partial charge in [0.25, 0.3) is 5.91 Å². The summed E-state index contributed by atoms with van der Waals surface area (Å²) in [6, 6.07) is 13.0. The van der Waals surface area contributed by atoms with Crippen molar-refractivity contribution in [3.8, 4) is 5.75 Å². The van der Waals surface area contributed by atoms with Crippen molar-refractivity contribution in [3.63, 3.8) is 0 Å². The highest BCUT2D eigenvalue weighted by Crippen LogP contribution is 2.34. The number of benzene rings is 2. The maximum Gasteiger partial charge on any atom is 0.255 e. The molecule has 2 aromatic rings. The summed E-state index contributed by atoms with van der Waals surface area (Å²) in [6.45, 7) is 4.33. The van der Waals surface area contributed by atoms with Crippen LogP contribution in [0.5, 0.6) is 5.75 Å². The van der Waals surface area contributed by atoms with Gasteiger partial charge in [-0.3, -0.25) is 29.4 Å². The zero-order chi connectivity index (χ0) is 28.1. The number of imide groups is 1. The minimum atomic E-state index is -0.651. The van der Waals surface area contributed by atoms with Crippen molar-refractivity contribution in [2.75, 3.05) is 33.4 Å². The van der Waals surface area contributed by atoms with Crippen LogP contribution in [0.4, 0.5) is 0 Å². The third kappa shape index (κ3) is 6.34. The summed E-state index contributed by atoms with van der Waals surface area (Å²) in [6.07, 6.45) is 2.26. The second-order valence-corrected chi connectivity index (χ2v) is 10.6. The fraction of sp³-hybridized carbons (Fsp3) is 0.467. The summed E-state index contributed by atoms with van der Waals surface area (Å²) in [5.41, 5.74) is 3.52. The lowest BCUT2D eigenvalue weighted by molar-refractivity contribution is -0.137. The first-order chi connectivity index (χ1) is 19.4. The number of hydrogen-bond donors (Lipinski definition) is 2. The summed E-state index contributed by atoms with van der Waals surface area (Å²) in [5, 5.41) is 5.28. The molecule has 3 aliphatic rings. The number of nitrogens with zero attached hydrogens (tertiary/aromatic N) is 2. The van der Waals surface area contributed by atoms with E-state index in [0.29, 0.717) is 37.5 Å². The van der Waals surface area contributed by atoms with Gasteiger partial charge in [-0.25, -0.2) is 0 Å². The molecule has 0 radical (unpaired) electrons. The van der Waals surface area contributed by atoms with Crippen LogP contribution in [0, 0.1) is 5.92 Å². The molecule has 4 amide bonds. The van der Waals surface area contributed by atoms with Crippen LogP contribution >= 0.6 is 0 Å². The number of rotatable bonds is 10. The summed E-state index contributed by atoms with van der Waals surface area (Å²) >= 11 is 0. The Kier molecular flexibility index (Phi) is 8.76. The molecule has 0 spiro atoms. The standard InChI is InChI=1S/C30H36N4O6/c1-39-16-13-31-28(36)22-11-14-33(15-12-22)17-20-5-7-21(8-6-20)19-40-26-4-2-3-23-24(26)18-34(30(23)38)25-9-10-27(35)32-29(25)37/h2-8,22,25H,9-19H2,1H3,(H,31,36)(H,32,35,37)/t25-/m0/s1. The van der Waals surface area contributed by atoms with Crippen molar-refractivity contribution >= 4 is 23.6 Å². The van der Waals surface area contributed by atoms with Crippen LogP contribution < -0.4 is 15.4 Å². The van der Waals surface area contributed by atoms with E-state index in [4.69, 9.17) is 9.47 Å². The molecule has 2 aromatic carbocycles. The van der Waals surface area contributed by atoms with E-state index in [0.717, 1.165) is 43.6 Å². The molecular formula is C30H36N4O6. The number of carbonyl (C=O) groups excluding carboxylic acids is 4. The van der Waals surface area contributed by atoms with E-state index in [9.17, 15) is 19.2 Å². The Morgan fingerprint density at radius 3 is 2.50 bits per heavy atom. The molecule has 0 saturated carbocycles. The smallest absolute Gasteiger partial charge is 0.255 e. The van der Waals surface area contributed by atoms with Crippen LogP contribution in [0.3, 0.4) is 0 Å². The average Bonchev–Trinajstić information content (AvgIpc) is 3.29. The Bertz CT molecular complexity index is 1260. The predicted molar refractivity (Wildman–Crippen MR) is 146 cm³/mol. The number of hydrogen-bond acceptors (Lipinski definition) is 7. The van der Waals surface area contributed by atoms with Gasteiger partial charge in [-0.1, -0.05) is 30.3 Å². The van der Waals surface area contributed by atoms with Crippen LogP contribution in [0.1, 0.15) is 52.7 Å². The largest absolute Gasteiger partial charge is 0.489 e. The molecule has 2 saturated heterocycles. The van der Waals surface area contributed by atoms with E-state index >= 15 is 0 Å². The van der Waals surface area contributed by atoms with E-state index in [1.807, 2.05) is 6.07 Å². The maximum atomic E-state index is 13.0. The quantitative estimate of drug-likeness (QED) is 0.345. The molecule has 5 rings (SSSR count). The Morgan fingerprint density at radius 1 is 1.02 bits per heavy atom. The van der Waals surface area contributed by atoms with Gasteiger partial charge in [0.15, 0.2) is 0 Å². The number of methoxy groups -OCH3 is 1. The summed E-state index contributed by atoms with van der Waals surface area (Å²) in [7, 11) is 1.63. The zero-order valence-electron chi connectivity index (χ0n) is 22.8. The molecule has 0 bridgehead atoms. The van der Waals surface area contributed by atoms with Gasteiger partial charge in [-0.2, -0.15) is 0 Å². The van der Waals surface area contributed by atoms with E-state index in [2.05, 4.69) is 39.8 Å². The Hall–Kier alpha value is -3.76. The number of fused-ring (bicyclic) bond motifs is 1. The predicted octanol–water partition coefficient (Wildman–Crippen LogP) is 2.00. The van der Waals surface area contributed by atoms with Crippen molar-refractivity contribution in [2.45, 2.75) is 51.4 Å². The molecule has 0 aliphatic carbocycles. The number of ether oxygens (including phenoxy) is 2. The van der Waals surface area contributed by atoms with Gasteiger partial charge >= 0.3 is 0 Å². The lowest BCUT2D eigenvalue weighted by Gasteiger charge is -2.31. The minimum Gasteiger partial charge on any atom is -0.489 e. The molecule has 10 nitrogen and oxygen atoms in total. The monoisotopic (exact) mass is 548 g/mol. The van der Waals surface area contributed by atoms with Crippen molar-refractivity contribution in [2.24, 2.45) is 5.92 Å². The van der Waals surface area contributed by atoms with E-state index in [-0.39, 0.29) is 36.6 Å². The van der Waals surface area contributed by atoms with Crippen molar-refractivity contribution in [1.29, 1.82) is 0 Å². The topological polar surface area (TPSA) is 117 Å². The van der Waals surface area contributed by atoms with Gasteiger partial charge in [0.1, 0.15) is 18.4 Å². The SMILES string of the molecule is COCCNC(=O)C1CCN(Cc2ccc(COc3cccc4c3CN([C@H]3CCC(=O)NC3=O)C4=O)cc2)CC1.